The average molecular weight is 518 g/mol. The lowest BCUT2D eigenvalue weighted by Gasteiger charge is -2.37. The zero-order valence-corrected chi connectivity index (χ0v) is 20.9. The number of piperazine rings is 1. The smallest absolute Gasteiger partial charge is 0.259 e. The minimum Gasteiger partial charge on any atom is -0.497 e. The van der Waals surface area contributed by atoms with Gasteiger partial charge in [0.1, 0.15) is 11.8 Å². The molecule has 2 amide bonds. The molecule has 4 aromatic rings. The third-order valence-electron chi connectivity index (χ3n) is 6.95. The molecule has 2 aliphatic rings. The summed E-state index contributed by atoms with van der Waals surface area (Å²) in [6.07, 6.45) is 3.04. The van der Waals surface area contributed by atoms with E-state index >= 15 is 0 Å². The number of furan rings is 1. The Morgan fingerprint density at radius 1 is 1.03 bits per heavy atom. The number of nitrogens with zero attached hydrogens (tertiary/aromatic N) is 8. The molecule has 1 aromatic carbocycles. The van der Waals surface area contributed by atoms with Gasteiger partial charge >= 0.3 is 0 Å². The maximum atomic E-state index is 13.6. The predicted octanol–water partition coefficient (Wildman–Crippen LogP) is 1.32. The van der Waals surface area contributed by atoms with Crippen molar-refractivity contribution in [2.75, 3.05) is 50.5 Å². The fourth-order valence-corrected chi connectivity index (χ4v) is 4.97. The van der Waals surface area contributed by atoms with Crippen molar-refractivity contribution < 1.29 is 18.7 Å². The molecule has 6 rings (SSSR count). The summed E-state index contributed by atoms with van der Waals surface area (Å²) in [7, 11) is 1.57. The third kappa shape index (κ3) is 4.25. The lowest BCUT2D eigenvalue weighted by atomic mass is 10.1. The zero-order valence-electron chi connectivity index (χ0n) is 20.9. The lowest BCUT2D eigenvalue weighted by Crippen LogP contribution is -2.55. The van der Waals surface area contributed by atoms with E-state index in [4.69, 9.17) is 14.9 Å². The van der Waals surface area contributed by atoms with Gasteiger partial charge in [-0.2, -0.15) is 19.5 Å². The standard InChI is InChI=1S/C25H27N9O4/c1-37-17-6-2-5-16(15-17)21(35)31-10-12-32(13-11-31)22(36)18-7-3-9-33(18)24-28-23(26)34-25(29-24)27-20(30-34)19-8-4-14-38-19/h2,4-6,8,14-15,18H,3,7,9-13H2,1H3,(H2,26,27,28,29,30)/t18-/m0/s1. The number of nitrogen functional groups attached to an aromatic ring is 1. The van der Waals surface area contributed by atoms with E-state index in [2.05, 4.69) is 20.1 Å². The summed E-state index contributed by atoms with van der Waals surface area (Å²) in [5.74, 6) is 2.15. The summed E-state index contributed by atoms with van der Waals surface area (Å²) in [5.41, 5.74) is 6.75. The number of fused-ring (bicyclic) bond motifs is 1. The van der Waals surface area contributed by atoms with Gasteiger partial charge in [0.25, 0.3) is 11.7 Å². The van der Waals surface area contributed by atoms with Crippen molar-refractivity contribution in [3.8, 4) is 17.3 Å². The van der Waals surface area contributed by atoms with Crippen LogP contribution in [0.15, 0.2) is 47.1 Å². The normalized spacial score (nSPS) is 17.8. The first kappa shape index (κ1) is 23.7. The number of methoxy groups -OCH3 is 1. The van der Waals surface area contributed by atoms with Gasteiger partial charge in [-0.15, -0.1) is 5.10 Å². The number of carbonyl (C=O) groups excluding carboxylic acids is 2. The number of nitrogens with two attached hydrogens (primary N) is 1. The Hall–Kier alpha value is -4.68. The quantitative estimate of drug-likeness (QED) is 0.411. The van der Waals surface area contributed by atoms with Crippen LogP contribution in [0.2, 0.25) is 0 Å². The van der Waals surface area contributed by atoms with Crippen LogP contribution in [0.3, 0.4) is 0 Å². The van der Waals surface area contributed by atoms with E-state index in [1.807, 2.05) is 9.80 Å². The van der Waals surface area contributed by atoms with Crippen LogP contribution in [0.1, 0.15) is 23.2 Å². The molecule has 2 saturated heterocycles. The van der Waals surface area contributed by atoms with E-state index in [9.17, 15) is 9.59 Å². The molecule has 0 unspecified atom stereocenters. The second-order valence-electron chi connectivity index (χ2n) is 9.21. The Kier molecular flexibility index (Phi) is 6.02. The summed E-state index contributed by atoms with van der Waals surface area (Å²) >= 11 is 0. The molecule has 0 bridgehead atoms. The highest BCUT2D eigenvalue weighted by Gasteiger charge is 2.37. The summed E-state index contributed by atoms with van der Waals surface area (Å²) in [6, 6.07) is 10.2. The molecular formula is C25H27N9O4. The maximum absolute atomic E-state index is 13.6. The Labute approximate surface area is 217 Å². The Morgan fingerprint density at radius 2 is 1.84 bits per heavy atom. The van der Waals surface area contributed by atoms with E-state index < -0.39 is 6.04 Å². The summed E-state index contributed by atoms with van der Waals surface area (Å²) < 4.78 is 12.0. The van der Waals surface area contributed by atoms with Crippen LogP contribution in [-0.2, 0) is 4.79 Å². The molecule has 196 valence electrons. The van der Waals surface area contributed by atoms with Crippen LogP contribution >= 0.6 is 0 Å². The van der Waals surface area contributed by atoms with Crippen LogP contribution in [0, 0.1) is 0 Å². The molecule has 0 radical (unpaired) electrons. The zero-order chi connectivity index (χ0) is 26.2. The van der Waals surface area contributed by atoms with E-state index in [1.54, 1.807) is 48.4 Å². The van der Waals surface area contributed by atoms with Gasteiger partial charge in [0, 0.05) is 38.3 Å². The average Bonchev–Trinajstić information content (AvgIpc) is 3.73. The van der Waals surface area contributed by atoms with Gasteiger partial charge in [-0.25, -0.2) is 0 Å². The van der Waals surface area contributed by atoms with Gasteiger partial charge < -0.3 is 29.6 Å². The lowest BCUT2D eigenvalue weighted by molar-refractivity contribution is -0.133. The molecule has 1 atom stereocenters. The predicted molar refractivity (Wildman–Crippen MR) is 137 cm³/mol. The van der Waals surface area contributed by atoms with E-state index in [-0.39, 0.29) is 23.5 Å². The number of hydrogen-bond acceptors (Lipinski definition) is 10. The Balaban J connectivity index is 1.15. The number of anilines is 2. The van der Waals surface area contributed by atoms with Crippen LogP contribution in [-0.4, -0.2) is 92.1 Å². The van der Waals surface area contributed by atoms with Crippen LogP contribution in [0.5, 0.6) is 5.75 Å². The first-order valence-electron chi connectivity index (χ1n) is 12.4. The highest BCUT2D eigenvalue weighted by molar-refractivity contribution is 5.95. The molecular weight excluding hydrogens is 490 g/mol. The van der Waals surface area contributed by atoms with Gasteiger partial charge in [-0.3, -0.25) is 9.59 Å². The molecule has 0 aliphatic carbocycles. The number of benzene rings is 1. The van der Waals surface area contributed by atoms with Crippen molar-refractivity contribution in [3.63, 3.8) is 0 Å². The fraction of sp³-hybridized carbons (Fsp3) is 0.360. The Morgan fingerprint density at radius 3 is 2.61 bits per heavy atom. The van der Waals surface area contributed by atoms with Gasteiger partial charge in [-0.05, 0) is 43.2 Å². The topological polar surface area (TPSA) is 148 Å². The number of carbonyl (C=O) groups is 2. The SMILES string of the molecule is COc1cccc(C(=O)N2CCN(C(=O)[C@@H]3CCCN3c3nc(N)n4nc(-c5ccco5)nc4n3)CC2)c1. The minimum absolute atomic E-state index is 0.00392. The van der Waals surface area contributed by atoms with Crippen molar-refractivity contribution >= 4 is 29.5 Å². The van der Waals surface area contributed by atoms with Crippen molar-refractivity contribution in [1.82, 2.24) is 34.4 Å². The third-order valence-corrected chi connectivity index (χ3v) is 6.95. The van der Waals surface area contributed by atoms with Gasteiger partial charge in [0.15, 0.2) is 5.76 Å². The monoisotopic (exact) mass is 517 g/mol. The molecule has 38 heavy (non-hydrogen) atoms. The van der Waals surface area contributed by atoms with Crippen molar-refractivity contribution in [2.24, 2.45) is 0 Å². The van der Waals surface area contributed by atoms with Crippen molar-refractivity contribution in [2.45, 2.75) is 18.9 Å². The fourth-order valence-electron chi connectivity index (χ4n) is 4.97. The molecule has 13 heteroatoms. The highest BCUT2D eigenvalue weighted by atomic mass is 16.5. The molecule has 0 saturated carbocycles. The van der Waals surface area contributed by atoms with Gasteiger partial charge in [0.05, 0.1) is 13.4 Å². The minimum atomic E-state index is -0.412. The molecule has 2 fully saturated rings. The molecule has 13 nitrogen and oxygen atoms in total. The number of rotatable bonds is 5. The van der Waals surface area contributed by atoms with Crippen molar-refractivity contribution in [1.29, 1.82) is 0 Å². The van der Waals surface area contributed by atoms with Gasteiger partial charge in [-0.1, -0.05) is 6.07 Å². The van der Waals surface area contributed by atoms with Gasteiger partial charge in [0.2, 0.25) is 23.6 Å². The number of amides is 2. The number of ether oxygens (including phenoxy) is 1. The molecule has 5 heterocycles. The van der Waals surface area contributed by atoms with Crippen LogP contribution < -0.4 is 15.4 Å². The Bertz CT molecular complexity index is 1480. The summed E-state index contributed by atoms with van der Waals surface area (Å²) in [4.78, 5) is 45.4. The van der Waals surface area contributed by atoms with Crippen LogP contribution in [0.4, 0.5) is 11.9 Å². The van der Waals surface area contributed by atoms with E-state index in [1.165, 1.54) is 10.8 Å². The molecule has 0 spiro atoms. The number of hydrogen-bond donors (Lipinski definition) is 1. The van der Waals surface area contributed by atoms with E-state index in [0.29, 0.717) is 68.0 Å². The van der Waals surface area contributed by atoms with E-state index in [0.717, 1.165) is 6.42 Å². The first-order valence-corrected chi connectivity index (χ1v) is 12.4. The largest absolute Gasteiger partial charge is 0.497 e. The molecule has 2 N–H and O–H groups in total. The second kappa shape index (κ2) is 9.65. The number of aromatic nitrogens is 5. The summed E-state index contributed by atoms with van der Waals surface area (Å²) in [5, 5.41) is 4.33. The van der Waals surface area contributed by atoms with Crippen molar-refractivity contribution in [3.05, 3.63) is 48.2 Å². The molecule has 3 aromatic heterocycles. The first-order chi connectivity index (χ1) is 18.5. The van der Waals surface area contributed by atoms with Crippen LogP contribution in [0.25, 0.3) is 17.4 Å². The molecule has 2 aliphatic heterocycles. The maximum Gasteiger partial charge on any atom is 0.259 e. The highest BCUT2D eigenvalue weighted by Crippen LogP contribution is 2.26. The summed E-state index contributed by atoms with van der Waals surface area (Å²) in [6.45, 7) is 2.45. The second-order valence-corrected chi connectivity index (χ2v) is 9.21.